The summed E-state index contributed by atoms with van der Waals surface area (Å²) in [5.74, 6) is 0.698. The molecule has 0 aromatic carbocycles. The van der Waals surface area contributed by atoms with E-state index in [9.17, 15) is 0 Å². The predicted octanol–water partition coefficient (Wildman–Crippen LogP) is 2.98. The molecule has 0 saturated heterocycles. The maximum atomic E-state index is 5.79. The Labute approximate surface area is 113 Å². The van der Waals surface area contributed by atoms with Gasteiger partial charge in [-0.1, -0.05) is 26.2 Å². The Hall–Kier alpha value is -0.120. The summed E-state index contributed by atoms with van der Waals surface area (Å²) in [6.45, 7) is 8.05. The van der Waals surface area contributed by atoms with Crippen LogP contribution in [-0.4, -0.2) is 38.5 Å². The van der Waals surface area contributed by atoms with Gasteiger partial charge >= 0.3 is 0 Å². The van der Waals surface area contributed by atoms with Gasteiger partial charge in [0.15, 0.2) is 0 Å². The lowest BCUT2D eigenvalue weighted by Crippen LogP contribution is -2.48. The molecule has 1 rings (SSSR count). The van der Waals surface area contributed by atoms with E-state index in [0.717, 1.165) is 13.2 Å². The summed E-state index contributed by atoms with van der Waals surface area (Å²) in [4.78, 5) is 0. The van der Waals surface area contributed by atoms with Gasteiger partial charge in [-0.15, -0.1) is 0 Å². The lowest BCUT2D eigenvalue weighted by molar-refractivity contribution is -0.0308. The van der Waals surface area contributed by atoms with Crippen LogP contribution in [0.15, 0.2) is 0 Å². The Morgan fingerprint density at radius 2 is 1.83 bits per heavy atom. The van der Waals surface area contributed by atoms with Crippen molar-refractivity contribution in [3.05, 3.63) is 0 Å². The van der Waals surface area contributed by atoms with Crippen molar-refractivity contribution < 1.29 is 9.47 Å². The van der Waals surface area contributed by atoms with E-state index in [1.807, 2.05) is 7.11 Å². The quantitative estimate of drug-likeness (QED) is 0.725. The number of rotatable bonds is 8. The zero-order valence-electron chi connectivity index (χ0n) is 12.6. The Morgan fingerprint density at radius 3 is 2.33 bits per heavy atom. The molecule has 1 aliphatic rings. The van der Waals surface area contributed by atoms with Gasteiger partial charge in [0.1, 0.15) is 0 Å². The monoisotopic (exact) mass is 257 g/mol. The molecule has 2 unspecified atom stereocenters. The SMILES string of the molecule is CCNC(COC(C)C)C(OC)C1CCCCC1. The second-order valence-corrected chi connectivity index (χ2v) is 5.64. The molecule has 0 heterocycles. The maximum absolute atomic E-state index is 5.79. The van der Waals surface area contributed by atoms with Crippen LogP contribution in [0.1, 0.15) is 52.9 Å². The fourth-order valence-corrected chi connectivity index (χ4v) is 2.98. The number of likely N-dealkylation sites (N-methyl/N-ethyl adjacent to an activating group) is 1. The van der Waals surface area contributed by atoms with Crippen LogP contribution in [0.25, 0.3) is 0 Å². The fourth-order valence-electron chi connectivity index (χ4n) is 2.98. The first-order valence-corrected chi connectivity index (χ1v) is 7.56. The van der Waals surface area contributed by atoms with Gasteiger partial charge in [-0.05, 0) is 39.2 Å². The summed E-state index contributed by atoms with van der Waals surface area (Å²) >= 11 is 0. The van der Waals surface area contributed by atoms with Crippen molar-refractivity contribution in [1.29, 1.82) is 0 Å². The second-order valence-electron chi connectivity index (χ2n) is 5.64. The Balaban J connectivity index is 2.54. The van der Waals surface area contributed by atoms with Crippen molar-refractivity contribution in [1.82, 2.24) is 5.32 Å². The Kier molecular flexibility index (Phi) is 7.87. The summed E-state index contributed by atoms with van der Waals surface area (Å²) in [6, 6.07) is 0.325. The minimum atomic E-state index is 0.287. The molecular formula is C15H31NO2. The van der Waals surface area contributed by atoms with Gasteiger partial charge in [-0.25, -0.2) is 0 Å². The molecule has 0 aromatic rings. The summed E-state index contributed by atoms with van der Waals surface area (Å²) in [6.07, 6.45) is 7.30. The minimum Gasteiger partial charge on any atom is -0.379 e. The third-order valence-corrected chi connectivity index (χ3v) is 3.86. The number of hydrogen-bond acceptors (Lipinski definition) is 3. The molecule has 0 bridgehead atoms. The largest absolute Gasteiger partial charge is 0.379 e. The lowest BCUT2D eigenvalue weighted by Gasteiger charge is -2.35. The zero-order chi connectivity index (χ0) is 13.4. The van der Waals surface area contributed by atoms with Crippen LogP contribution in [0.2, 0.25) is 0 Å². The van der Waals surface area contributed by atoms with Crippen LogP contribution in [0.5, 0.6) is 0 Å². The standard InChI is InChI=1S/C15H31NO2/c1-5-16-14(11-18-12(2)3)15(17-4)13-9-7-6-8-10-13/h12-16H,5-11H2,1-4H3. The van der Waals surface area contributed by atoms with Crippen LogP contribution in [-0.2, 0) is 9.47 Å². The molecule has 0 aromatic heterocycles. The normalized spacial score (nSPS) is 21.2. The minimum absolute atomic E-state index is 0.287. The highest BCUT2D eigenvalue weighted by molar-refractivity contribution is 4.84. The second kappa shape index (κ2) is 8.89. The summed E-state index contributed by atoms with van der Waals surface area (Å²) in [5.41, 5.74) is 0. The van der Waals surface area contributed by atoms with Crippen LogP contribution in [0.4, 0.5) is 0 Å². The van der Waals surface area contributed by atoms with E-state index in [-0.39, 0.29) is 6.10 Å². The van der Waals surface area contributed by atoms with Gasteiger partial charge < -0.3 is 14.8 Å². The van der Waals surface area contributed by atoms with E-state index < -0.39 is 0 Å². The molecule has 3 nitrogen and oxygen atoms in total. The van der Waals surface area contributed by atoms with E-state index in [4.69, 9.17) is 9.47 Å². The molecule has 3 heteroatoms. The molecule has 1 aliphatic carbocycles. The summed E-state index contributed by atoms with van der Waals surface area (Å²) < 4.78 is 11.6. The highest BCUT2D eigenvalue weighted by Gasteiger charge is 2.30. The average Bonchev–Trinajstić information content (AvgIpc) is 2.38. The zero-order valence-corrected chi connectivity index (χ0v) is 12.6. The molecule has 0 radical (unpaired) electrons. The van der Waals surface area contributed by atoms with Crippen molar-refractivity contribution in [3.8, 4) is 0 Å². The average molecular weight is 257 g/mol. The molecule has 2 atom stereocenters. The number of hydrogen-bond donors (Lipinski definition) is 1. The number of ether oxygens (including phenoxy) is 2. The molecule has 0 spiro atoms. The highest BCUT2D eigenvalue weighted by atomic mass is 16.5. The first-order valence-electron chi connectivity index (χ1n) is 7.56. The van der Waals surface area contributed by atoms with Gasteiger partial charge in [0, 0.05) is 7.11 Å². The fraction of sp³-hybridized carbons (Fsp3) is 1.00. The lowest BCUT2D eigenvalue weighted by atomic mass is 9.82. The van der Waals surface area contributed by atoms with E-state index in [2.05, 4.69) is 26.1 Å². The first kappa shape index (κ1) is 15.9. The number of methoxy groups -OCH3 is 1. The van der Waals surface area contributed by atoms with Crippen molar-refractivity contribution in [2.45, 2.75) is 71.1 Å². The first-order chi connectivity index (χ1) is 8.69. The topological polar surface area (TPSA) is 30.5 Å². The van der Waals surface area contributed by atoms with E-state index in [0.29, 0.717) is 18.1 Å². The smallest absolute Gasteiger partial charge is 0.0774 e. The van der Waals surface area contributed by atoms with Crippen molar-refractivity contribution >= 4 is 0 Å². The van der Waals surface area contributed by atoms with Gasteiger partial charge in [0.25, 0.3) is 0 Å². The van der Waals surface area contributed by atoms with Crippen LogP contribution in [0.3, 0.4) is 0 Å². The van der Waals surface area contributed by atoms with Crippen molar-refractivity contribution in [2.24, 2.45) is 5.92 Å². The molecule has 1 N–H and O–H groups in total. The third kappa shape index (κ3) is 5.25. The molecule has 1 saturated carbocycles. The third-order valence-electron chi connectivity index (χ3n) is 3.86. The molecule has 1 fully saturated rings. The van der Waals surface area contributed by atoms with Crippen molar-refractivity contribution in [3.63, 3.8) is 0 Å². The molecule has 0 aliphatic heterocycles. The van der Waals surface area contributed by atoms with Gasteiger partial charge in [0.2, 0.25) is 0 Å². The molecular weight excluding hydrogens is 226 g/mol. The molecule has 0 amide bonds. The molecule has 18 heavy (non-hydrogen) atoms. The van der Waals surface area contributed by atoms with E-state index >= 15 is 0 Å². The van der Waals surface area contributed by atoms with Gasteiger partial charge in [0.05, 0.1) is 24.9 Å². The van der Waals surface area contributed by atoms with Crippen LogP contribution >= 0.6 is 0 Å². The summed E-state index contributed by atoms with van der Waals surface area (Å²) in [7, 11) is 1.85. The maximum Gasteiger partial charge on any atom is 0.0774 e. The van der Waals surface area contributed by atoms with Crippen LogP contribution < -0.4 is 5.32 Å². The summed E-state index contributed by atoms with van der Waals surface area (Å²) in [5, 5.41) is 3.54. The van der Waals surface area contributed by atoms with Crippen LogP contribution in [0, 0.1) is 5.92 Å². The van der Waals surface area contributed by atoms with E-state index in [1.165, 1.54) is 32.1 Å². The molecule has 108 valence electrons. The number of nitrogens with one attached hydrogen (secondary N) is 1. The Morgan fingerprint density at radius 1 is 1.17 bits per heavy atom. The Bertz CT molecular complexity index is 203. The van der Waals surface area contributed by atoms with Gasteiger partial charge in [-0.2, -0.15) is 0 Å². The van der Waals surface area contributed by atoms with E-state index in [1.54, 1.807) is 0 Å². The predicted molar refractivity (Wildman–Crippen MR) is 75.9 cm³/mol. The highest BCUT2D eigenvalue weighted by Crippen LogP contribution is 2.29. The van der Waals surface area contributed by atoms with Gasteiger partial charge in [-0.3, -0.25) is 0 Å². The van der Waals surface area contributed by atoms with Crippen molar-refractivity contribution in [2.75, 3.05) is 20.3 Å².